The molecule has 3 nitrogen and oxygen atoms in total. The largest absolute Gasteiger partial charge is 0.460 e. The van der Waals surface area contributed by atoms with Gasteiger partial charge in [-0.1, -0.05) is 41.9 Å². The first kappa shape index (κ1) is 18.3. The summed E-state index contributed by atoms with van der Waals surface area (Å²) in [6, 6.07) is 20.4. The van der Waals surface area contributed by atoms with Crippen molar-refractivity contribution in [1.82, 2.24) is 10.6 Å². The van der Waals surface area contributed by atoms with Crippen molar-refractivity contribution in [3.05, 3.63) is 71.4 Å². The van der Waals surface area contributed by atoms with E-state index in [2.05, 4.69) is 34.9 Å². The molecule has 0 unspecified atom stereocenters. The van der Waals surface area contributed by atoms with Gasteiger partial charge >= 0.3 is 0 Å². The molecule has 1 fully saturated rings. The van der Waals surface area contributed by atoms with E-state index < -0.39 is 0 Å². The number of rotatable bonds is 6. The predicted octanol–water partition coefficient (Wildman–Crippen LogP) is 5.36. The lowest BCUT2D eigenvalue weighted by Crippen LogP contribution is -2.33. The van der Waals surface area contributed by atoms with Crippen LogP contribution in [-0.4, -0.2) is 19.6 Å². The maximum absolute atomic E-state index is 6.26. The smallest absolute Gasteiger partial charge is 0.134 e. The highest BCUT2D eigenvalue weighted by atomic mass is 35.5. The van der Waals surface area contributed by atoms with Gasteiger partial charge in [0.05, 0.1) is 6.54 Å². The Balaban J connectivity index is 1.48. The lowest BCUT2D eigenvalue weighted by Gasteiger charge is -2.22. The van der Waals surface area contributed by atoms with Gasteiger partial charge in [-0.2, -0.15) is 0 Å². The SMILES string of the molecule is Clc1ccc(-c2ccc(CNCC3CCNCC3)o2)c(-c2ccccc2)c1. The molecule has 0 saturated carbocycles. The number of hydrogen-bond donors (Lipinski definition) is 2. The Morgan fingerprint density at radius 2 is 1.78 bits per heavy atom. The third kappa shape index (κ3) is 4.62. The molecule has 4 rings (SSSR count). The van der Waals surface area contributed by atoms with Gasteiger partial charge in [-0.15, -0.1) is 0 Å². The molecule has 0 amide bonds. The molecule has 0 radical (unpaired) electrons. The van der Waals surface area contributed by atoms with Crippen molar-refractivity contribution in [1.29, 1.82) is 0 Å². The minimum atomic E-state index is 0.730. The highest BCUT2D eigenvalue weighted by Crippen LogP contribution is 2.35. The summed E-state index contributed by atoms with van der Waals surface area (Å²) < 4.78 is 6.14. The second-order valence-corrected chi connectivity index (χ2v) is 7.58. The van der Waals surface area contributed by atoms with Crippen LogP contribution in [0.15, 0.2) is 65.1 Å². The average Bonchev–Trinajstić information content (AvgIpc) is 3.18. The number of halogens is 1. The van der Waals surface area contributed by atoms with Crippen LogP contribution in [0.2, 0.25) is 5.02 Å². The van der Waals surface area contributed by atoms with E-state index in [1.165, 1.54) is 12.8 Å². The maximum atomic E-state index is 6.26. The van der Waals surface area contributed by atoms with Crippen molar-refractivity contribution in [2.75, 3.05) is 19.6 Å². The molecule has 0 atom stereocenters. The van der Waals surface area contributed by atoms with E-state index in [1.54, 1.807) is 0 Å². The molecule has 1 aromatic heterocycles. The van der Waals surface area contributed by atoms with Gasteiger partial charge in [0.1, 0.15) is 11.5 Å². The van der Waals surface area contributed by atoms with Gasteiger partial charge in [-0.3, -0.25) is 0 Å². The summed E-state index contributed by atoms with van der Waals surface area (Å²) in [7, 11) is 0. The van der Waals surface area contributed by atoms with Gasteiger partial charge in [0.25, 0.3) is 0 Å². The molecule has 1 aliphatic heterocycles. The fourth-order valence-corrected chi connectivity index (χ4v) is 3.86. The topological polar surface area (TPSA) is 37.2 Å². The van der Waals surface area contributed by atoms with Gasteiger partial charge in [0, 0.05) is 10.6 Å². The Kier molecular flexibility index (Phi) is 5.93. The highest BCUT2D eigenvalue weighted by molar-refractivity contribution is 6.31. The molecule has 0 aliphatic carbocycles. The zero-order valence-corrected chi connectivity index (χ0v) is 16.1. The number of piperidine rings is 1. The summed E-state index contributed by atoms with van der Waals surface area (Å²) in [5, 5.41) is 7.69. The molecule has 2 heterocycles. The molecule has 27 heavy (non-hydrogen) atoms. The van der Waals surface area contributed by atoms with E-state index in [1.807, 2.05) is 36.4 Å². The summed E-state index contributed by atoms with van der Waals surface area (Å²) in [5.41, 5.74) is 3.29. The fraction of sp³-hybridized carbons (Fsp3) is 0.304. The number of nitrogens with one attached hydrogen (secondary N) is 2. The van der Waals surface area contributed by atoms with E-state index >= 15 is 0 Å². The Bertz CT molecular complexity index is 869. The molecule has 4 heteroatoms. The van der Waals surface area contributed by atoms with Crippen LogP contribution in [0.4, 0.5) is 0 Å². The van der Waals surface area contributed by atoms with Crippen LogP contribution >= 0.6 is 11.6 Å². The molecule has 0 bridgehead atoms. The monoisotopic (exact) mass is 380 g/mol. The minimum Gasteiger partial charge on any atom is -0.460 e. The maximum Gasteiger partial charge on any atom is 0.134 e. The third-order valence-electron chi connectivity index (χ3n) is 5.18. The van der Waals surface area contributed by atoms with E-state index in [0.717, 1.165) is 65.3 Å². The van der Waals surface area contributed by atoms with Crippen LogP contribution in [0.25, 0.3) is 22.5 Å². The van der Waals surface area contributed by atoms with Crippen molar-refractivity contribution in [2.24, 2.45) is 5.92 Å². The first-order valence-electron chi connectivity index (χ1n) is 9.65. The van der Waals surface area contributed by atoms with E-state index in [9.17, 15) is 0 Å². The standard InChI is InChI=1S/C23H25ClN2O/c24-19-6-8-21(22(14-19)18-4-2-1-3-5-18)23-9-7-20(27-23)16-26-15-17-10-12-25-13-11-17/h1-9,14,17,25-26H,10-13,15-16H2. The van der Waals surface area contributed by atoms with Crippen molar-refractivity contribution in [3.63, 3.8) is 0 Å². The summed E-state index contributed by atoms with van der Waals surface area (Å²) in [5.74, 6) is 2.61. The van der Waals surface area contributed by atoms with Crippen molar-refractivity contribution >= 4 is 11.6 Å². The highest BCUT2D eigenvalue weighted by Gasteiger charge is 2.14. The Labute approximate surface area is 165 Å². The van der Waals surface area contributed by atoms with E-state index in [-0.39, 0.29) is 0 Å². The van der Waals surface area contributed by atoms with Crippen molar-refractivity contribution < 1.29 is 4.42 Å². The van der Waals surface area contributed by atoms with Crippen LogP contribution in [-0.2, 0) is 6.54 Å². The summed E-state index contributed by atoms with van der Waals surface area (Å²) in [6.45, 7) is 4.08. The lowest BCUT2D eigenvalue weighted by atomic mass is 9.98. The summed E-state index contributed by atoms with van der Waals surface area (Å²) in [6.07, 6.45) is 2.50. The van der Waals surface area contributed by atoms with Crippen LogP contribution in [0.3, 0.4) is 0 Å². The zero-order chi connectivity index (χ0) is 18.5. The van der Waals surface area contributed by atoms with Gasteiger partial charge < -0.3 is 15.1 Å². The normalized spacial score (nSPS) is 15.1. The molecule has 1 saturated heterocycles. The lowest BCUT2D eigenvalue weighted by molar-refractivity contribution is 0.350. The summed E-state index contributed by atoms with van der Waals surface area (Å²) >= 11 is 6.26. The Hall–Kier alpha value is -2.07. The second kappa shape index (κ2) is 8.75. The van der Waals surface area contributed by atoms with E-state index in [0.29, 0.717) is 0 Å². The van der Waals surface area contributed by atoms with Crippen LogP contribution in [0.5, 0.6) is 0 Å². The molecule has 2 aromatic carbocycles. The van der Waals surface area contributed by atoms with Crippen LogP contribution < -0.4 is 10.6 Å². The number of hydrogen-bond acceptors (Lipinski definition) is 3. The predicted molar refractivity (Wildman–Crippen MR) is 112 cm³/mol. The molecular weight excluding hydrogens is 356 g/mol. The Morgan fingerprint density at radius 1 is 0.963 bits per heavy atom. The number of benzene rings is 2. The van der Waals surface area contributed by atoms with Gasteiger partial charge in [0.2, 0.25) is 0 Å². The number of furan rings is 1. The van der Waals surface area contributed by atoms with Gasteiger partial charge in [0.15, 0.2) is 0 Å². The molecule has 0 spiro atoms. The molecule has 2 N–H and O–H groups in total. The summed E-state index contributed by atoms with van der Waals surface area (Å²) in [4.78, 5) is 0. The fourth-order valence-electron chi connectivity index (χ4n) is 3.69. The molecule has 140 valence electrons. The molecule has 1 aliphatic rings. The van der Waals surface area contributed by atoms with Gasteiger partial charge in [-0.25, -0.2) is 0 Å². The van der Waals surface area contributed by atoms with Crippen molar-refractivity contribution in [3.8, 4) is 22.5 Å². The van der Waals surface area contributed by atoms with Gasteiger partial charge in [-0.05, 0) is 79.9 Å². The zero-order valence-electron chi connectivity index (χ0n) is 15.4. The van der Waals surface area contributed by atoms with Crippen LogP contribution in [0.1, 0.15) is 18.6 Å². The average molecular weight is 381 g/mol. The van der Waals surface area contributed by atoms with Crippen LogP contribution in [0, 0.1) is 5.92 Å². The second-order valence-electron chi connectivity index (χ2n) is 7.15. The minimum absolute atomic E-state index is 0.730. The first-order chi connectivity index (χ1) is 13.3. The Morgan fingerprint density at radius 3 is 2.59 bits per heavy atom. The van der Waals surface area contributed by atoms with E-state index in [4.69, 9.17) is 16.0 Å². The quantitative estimate of drug-likeness (QED) is 0.604. The van der Waals surface area contributed by atoms with Crippen molar-refractivity contribution in [2.45, 2.75) is 19.4 Å². The molecular formula is C23H25ClN2O. The first-order valence-corrected chi connectivity index (χ1v) is 10.0. The third-order valence-corrected chi connectivity index (χ3v) is 5.42. The molecule has 3 aromatic rings.